The Morgan fingerprint density at radius 3 is 2.45 bits per heavy atom. The zero-order chi connectivity index (χ0) is 21.0. The van der Waals surface area contributed by atoms with Crippen LogP contribution >= 0.6 is 0 Å². The predicted molar refractivity (Wildman–Crippen MR) is 111 cm³/mol. The number of hydrogen-bond donors (Lipinski definition) is 2. The Bertz CT molecular complexity index is 988. The number of rotatable bonds is 6. The van der Waals surface area contributed by atoms with Crippen LogP contribution in [0.1, 0.15) is 38.7 Å². The third kappa shape index (κ3) is 5.27. The van der Waals surface area contributed by atoms with Gasteiger partial charge < -0.3 is 14.8 Å². The zero-order valence-corrected chi connectivity index (χ0v) is 17.6. The third-order valence-electron chi connectivity index (χ3n) is 4.58. The van der Waals surface area contributed by atoms with Gasteiger partial charge in [0.05, 0.1) is 24.2 Å². The predicted octanol–water partition coefficient (Wildman–Crippen LogP) is 3.28. The fourth-order valence-corrected chi connectivity index (χ4v) is 4.11. The molecule has 1 unspecified atom stereocenters. The van der Waals surface area contributed by atoms with Gasteiger partial charge in [-0.15, -0.1) is 0 Å². The lowest BCUT2D eigenvalue weighted by Crippen LogP contribution is -2.41. The van der Waals surface area contributed by atoms with Crippen molar-refractivity contribution in [1.29, 1.82) is 0 Å². The number of amides is 1. The molecule has 7 nitrogen and oxygen atoms in total. The zero-order valence-electron chi connectivity index (χ0n) is 16.8. The molecule has 0 saturated heterocycles. The largest absolute Gasteiger partial charge is 0.490 e. The Balaban J connectivity index is 1.70. The van der Waals surface area contributed by atoms with E-state index in [1.807, 2.05) is 18.2 Å². The van der Waals surface area contributed by atoms with Gasteiger partial charge in [-0.25, -0.2) is 8.42 Å². The van der Waals surface area contributed by atoms with E-state index in [9.17, 15) is 13.2 Å². The SMILES string of the molecule is CC(NS(=O)(=O)c1ccc2c(c1)OCCCO2)C(=O)Nc1cccc(C(C)C)c1. The maximum absolute atomic E-state index is 12.7. The maximum Gasteiger partial charge on any atom is 0.242 e. The molecule has 3 rings (SSSR count). The first-order valence-corrected chi connectivity index (χ1v) is 11.1. The van der Waals surface area contributed by atoms with Gasteiger partial charge >= 0.3 is 0 Å². The van der Waals surface area contributed by atoms with Crippen LogP contribution in [0.4, 0.5) is 5.69 Å². The van der Waals surface area contributed by atoms with E-state index in [2.05, 4.69) is 23.9 Å². The van der Waals surface area contributed by atoms with Crippen LogP contribution in [0.2, 0.25) is 0 Å². The summed E-state index contributed by atoms with van der Waals surface area (Å²) < 4.78 is 38.9. The molecule has 1 amide bonds. The summed E-state index contributed by atoms with van der Waals surface area (Å²) in [6.07, 6.45) is 0.726. The third-order valence-corrected chi connectivity index (χ3v) is 6.11. The summed E-state index contributed by atoms with van der Waals surface area (Å²) in [7, 11) is -3.91. The molecule has 0 fully saturated rings. The van der Waals surface area contributed by atoms with E-state index < -0.39 is 22.0 Å². The summed E-state index contributed by atoms with van der Waals surface area (Å²) in [4.78, 5) is 12.5. The molecule has 2 aromatic rings. The van der Waals surface area contributed by atoms with Gasteiger partial charge in [0.1, 0.15) is 0 Å². The minimum atomic E-state index is -3.91. The second kappa shape index (κ2) is 8.84. The fourth-order valence-electron chi connectivity index (χ4n) is 2.89. The molecule has 0 aliphatic carbocycles. The van der Waals surface area contributed by atoms with Crippen LogP contribution in [0.15, 0.2) is 47.4 Å². The summed E-state index contributed by atoms with van der Waals surface area (Å²) >= 11 is 0. The molecule has 0 bridgehead atoms. The van der Waals surface area contributed by atoms with Crippen LogP contribution < -0.4 is 19.5 Å². The topological polar surface area (TPSA) is 93.7 Å². The number of ether oxygens (including phenoxy) is 2. The van der Waals surface area contributed by atoms with Crippen LogP contribution in [-0.2, 0) is 14.8 Å². The average molecular weight is 419 g/mol. The first kappa shape index (κ1) is 21.1. The van der Waals surface area contributed by atoms with Crippen LogP contribution in [0.5, 0.6) is 11.5 Å². The standard InChI is InChI=1S/C21H26N2O5S/c1-14(2)16-6-4-7-17(12-16)22-21(24)15(3)23-29(25,26)18-8-9-19-20(13-18)28-11-5-10-27-19/h4,6-9,12-15,23H,5,10-11H2,1-3H3,(H,22,24). The molecule has 0 radical (unpaired) electrons. The van der Waals surface area contributed by atoms with Crippen molar-refractivity contribution in [2.45, 2.75) is 44.0 Å². The summed E-state index contributed by atoms with van der Waals surface area (Å²) in [5.41, 5.74) is 1.71. The molecular formula is C21H26N2O5S. The first-order valence-electron chi connectivity index (χ1n) is 9.59. The Morgan fingerprint density at radius 1 is 1.00 bits per heavy atom. The molecule has 2 aromatic carbocycles. The van der Waals surface area contributed by atoms with Crippen LogP contribution in [-0.4, -0.2) is 33.6 Å². The van der Waals surface area contributed by atoms with Crippen molar-refractivity contribution in [3.63, 3.8) is 0 Å². The molecule has 2 N–H and O–H groups in total. The lowest BCUT2D eigenvalue weighted by atomic mass is 10.0. The van der Waals surface area contributed by atoms with Crippen molar-refractivity contribution < 1.29 is 22.7 Å². The molecule has 1 atom stereocenters. The minimum Gasteiger partial charge on any atom is -0.490 e. The highest BCUT2D eigenvalue weighted by molar-refractivity contribution is 7.89. The molecule has 1 aliphatic rings. The number of anilines is 1. The number of fused-ring (bicyclic) bond motifs is 1. The van der Waals surface area contributed by atoms with Crippen molar-refractivity contribution in [2.75, 3.05) is 18.5 Å². The van der Waals surface area contributed by atoms with E-state index >= 15 is 0 Å². The Hall–Kier alpha value is -2.58. The van der Waals surface area contributed by atoms with Gasteiger partial charge in [0.15, 0.2) is 11.5 Å². The number of benzene rings is 2. The van der Waals surface area contributed by atoms with Crippen molar-refractivity contribution in [3.8, 4) is 11.5 Å². The van der Waals surface area contributed by atoms with Crippen molar-refractivity contribution >= 4 is 21.6 Å². The first-order chi connectivity index (χ1) is 13.8. The summed E-state index contributed by atoms with van der Waals surface area (Å²) in [6.45, 7) is 6.60. The monoisotopic (exact) mass is 418 g/mol. The van der Waals surface area contributed by atoms with Gasteiger partial charge in [0.25, 0.3) is 0 Å². The summed E-state index contributed by atoms with van der Waals surface area (Å²) in [5.74, 6) is 0.774. The summed E-state index contributed by atoms with van der Waals surface area (Å²) in [5, 5.41) is 2.76. The van der Waals surface area contributed by atoms with Crippen LogP contribution in [0.25, 0.3) is 0 Å². The molecule has 8 heteroatoms. The molecule has 0 spiro atoms. The van der Waals surface area contributed by atoms with Gasteiger partial charge in [-0.05, 0) is 42.7 Å². The highest BCUT2D eigenvalue weighted by Crippen LogP contribution is 2.32. The van der Waals surface area contributed by atoms with Crippen molar-refractivity contribution in [3.05, 3.63) is 48.0 Å². The number of carbonyl (C=O) groups excluding carboxylic acids is 1. The number of nitrogens with one attached hydrogen (secondary N) is 2. The van der Waals surface area contributed by atoms with E-state index in [1.165, 1.54) is 19.1 Å². The molecule has 0 aromatic heterocycles. The number of carbonyl (C=O) groups is 1. The highest BCUT2D eigenvalue weighted by Gasteiger charge is 2.24. The number of hydrogen-bond acceptors (Lipinski definition) is 5. The van der Waals surface area contributed by atoms with E-state index in [-0.39, 0.29) is 4.90 Å². The summed E-state index contributed by atoms with van der Waals surface area (Å²) in [6, 6.07) is 11.0. The Labute approximate surface area is 171 Å². The lowest BCUT2D eigenvalue weighted by Gasteiger charge is -2.16. The normalized spacial score (nSPS) is 14.9. The highest BCUT2D eigenvalue weighted by atomic mass is 32.2. The lowest BCUT2D eigenvalue weighted by molar-refractivity contribution is -0.117. The second-order valence-electron chi connectivity index (χ2n) is 7.27. The van der Waals surface area contributed by atoms with Gasteiger partial charge in [0, 0.05) is 18.2 Å². The molecule has 1 heterocycles. The average Bonchev–Trinajstić information content (AvgIpc) is 2.92. The van der Waals surface area contributed by atoms with E-state index in [0.717, 1.165) is 12.0 Å². The molecule has 156 valence electrons. The second-order valence-corrected chi connectivity index (χ2v) is 8.99. The minimum absolute atomic E-state index is 0.0169. The van der Waals surface area contributed by atoms with Gasteiger partial charge in [0.2, 0.25) is 15.9 Å². The Morgan fingerprint density at radius 2 is 1.72 bits per heavy atom. The van der Waals surface area contributed by atoms with E-state index in [4.69, 9.17) is 9.47 Å². The fraction of sp³-hybridized carbons (Fsp3) is 0.381. The Kier molecular flexibility index (Phi) is 6.44. The molecule has 29 heavy (non-hydrogen) atoms. The van der Waals surface area contributed by atoms with Gasteiger partial charge in [-0.2, -0.15) is 4.72 Å². The molecule has 0 saturated carbocycles. The number of sulfonamides is 1. The smallest absolute Gasteiger partial charge is 0.242 e. The quantitative estimate of drug-likeness (QED) is 0.751. The van der Waals surface area contributed by atoms with E-state index in [0.29, 0.717) is 36.3 Å². The maximum atomic E-state index is 12.7. The molecular weight excluding hydrogens is 392 g/mol. The van der Waals surface area contributed by atoms with E-state index in [1.54, 1.807) is 12.1 Å². The van der Waals surface area contributed by atoms with Crippen LogP contribution in [0.3, 0.4) is 0 Å². The van der Waals surface area contributed by atoms with Crippen molar-refractivity contribution in [1.82, 2.24) is 4.72 Å². The van der Waals surface area contributed by atoms with Crippen molar-refractivity contribution in [2.24, 2.45) is 0 Å². The van der Waals surface area contributed by atoms with Crippen LogP contribution in [0, 0.1) is 0 Å². The molecule has 1 aliphatic heterocycles. The van der Waals surface area contributed by atoms with Gasteiger partial charge in [-0.1, -0.05) is 26.0 Å². The van der Waals surface area contributed by atoms with Gasteiger partial charge in [-0.3, -0.25) is 4.79 Å².